The lowest BCUT2D eigenvalue weighted by atomic mass is 9.78. The molecule has 0 saturated carbocycles. The van der Waals surface area contributed by atoms with Crippen molar-refractivity contribution < 1.29 is 58.6 Å². The highest BCUT2D eigenvalue weighted by Crippen LogP contribution is 2.50. The molecule has 5 bridgehead atoms. The SMILES string of the molecule is CO[C@H]1/C=C/O[C@@]2(C)Oc3c(C)c(O)c4c(O)c(c5c(c4c3C2=O)=NC2(CCN(CC(C)C)CC2)N=5)NC(=O)/C(C)=C\C=C\[C@H](C)[C@H](O)[C@@H](C)[C@@H](O)[C@@H](C)[C@H](OC(=O)CC(=O)N2CC(n3cccc3)C2)[C@@H]1C. The average molecular weight is 995 g/mol. The summed E-state index contributed by atoms with van der Waals surface area (Å²) in [5.41, 5.74) is -0.694. The minimum Gasteiger partial charge on any atom is -0.507 e. The van der Waals surface area contributed by atoms with E-state index in [1.54, 1.807) is 64.7 Å². The topological polar surface area (TPSA) is 234 Å². The smallest absolute Gasteiger partial charge is 0.315 e. The summed E-state index contributed by atoms with van der Waals surface area (Å²) in [7, 11) is 1.44. The number of methoxy groups -OCH3 is 1. The number of piperidine rings is 1. The van der Waals surface area contributed by atoms with Crippen LogP contribution in [0.15, 0.2) is 70.7 Å². The van der Waals surface area contributed by atoms with Crippen molar-refractivity contribution in [3.8, 4) is 17.2 Å². The number of phenolic OH excluding ortho intramolecular Hbond substituents is 2. The third-order valence-electron chi connectivity index (χ3n) is 15.4. The largest absolute Gasteiger partial charge is 0.507 e. The minimum absolute atomic E-state index is 0.00873. The third-order valence-corrected chi connectivity index (χ3v) is 15.4. The Kier molecular flexibility index (Phi) is 14.8. The van der Waals surface area contributed by atoms with Gasteiger partial charge in [-0.25, -0.2) is 0 Å². The Bertz CT molecular complexity index is 2830. The Hall–Kier alpha value is -6.08. The summed E-state index contributed by atoms with van der Waals surface area (Å²) in [6.07, 6.45) is 7.70. The van der Waals surface area contributed by atoms with Gasteiger partial charge in [-0.3, -0.25) is 29.2 Å². The van der Waals surface area contributed by atoms with Gasteiger partial charge in [-0.05, 0) is 38.0 Å². The van der Waals surface area contributed by atoms with Crippen LogP contribution in [0.4, 0.5) is 5.69 Å². The molecule has 18 heteroatoms. The Labute approximate surface area is 419 Å². The molecular formula is C54H70N6O12. The molecule has 388 valence electrons. The van der Waals surface area contributed by atoms with E-state index < -0.39 is 101 Å². The number of benzene rings is 2. The van der Waals surface area contributed by atoms with Crippen molar-refractivity contribution in [1.29, 1.82) is 0 Å². The van der Waals surface area contributed by atoms with Crippen molar-refractivity contribution in [3.63, 3.8) is 0 Å². The van der Waals surface area contributed by atoms with Gasteiger partial charge in [0.2, 0.25) is 5.91 Å². The first-order valence-electron chi connectivity index (χ1n) is 25.1. The summed E-state index contributed by atoms with van der Waals surface area (Å²) in [5.74, 6) is -7.73. The maximum absolute atomic E-state index is 14.9. The number of nitrogens with zero attached hydrogens (tertiary/aromatic N) is 5. The first-order chi connectivity index (χ1) is 34.1. The van der Waals surface area contributed by atoms with E-state index in [9.17, 15) is 39.6 Å². The lowest BCUT2D eigenvalue weighted by molar-refractivity contribution is -0.166. The molecule has 18 nitrogen and oxygen atoms in total. The lowest BCUT2D eigenvalue weighted by Gasteiger charge is -2.40. The van der Waals surface area contributed by atoms with Gasteiger partial charge in [0, 0.05) is 112 Å². The zero-order valence-corrected chi connectivity index (χ0v) is 42.9. The third kappa shape index (κ3) is 9.77. The number of nitrogens with one attached hydrogen (secondary N) is 1. The predicted molar refractivity (Wildman–Crippen MR) is 267 cm³/mol. The number of fused-ring (bicyclic) bond motifs is 13. The number of aliphatic hydroxyl groups excluding tert-OH is 2. The summed E-state index contributed by atoms with van der Waals surface area (Å²) < 4.78 is 26.6. The Morgan fingerprint density at radius 2 is 1.58 bits per heavy atom. The van der Waals surface area contributed by atoms with Gasteiger partial charge in [-0.2, -0.15) is 0 Å². The maximum Gasteiger partial charge on any atom is 0.315 e. The fraction of sp³-hybridized carbons (Fsp3) is 0.556. The number of ketones is 1. The van der Waals surface area contributed by atoms with Crippen LogP contribution in [-0.2, 0) is 28.6 Å². The van der Waals surface area contributed by atoms with Crippen molar-refractivity contribution in [3.05, 3.63) is 82.5 Å². The molecule has 6 aliphatic heterocycles. The number of hydrogen-bond donors (Lipinski definition) is 5. The first kappa shape index (κ1) is 52.2. The highest BCUT2D eigenvalue weighted by molar-refractivity contribution is 6.19. The van der Waals surface area contributed by atoms with Crippen LogP contribution >= 0.6 is 0 Å². The number of carbonyl (C=O) groups is 4. The van der Waals surface area contributed by atoms with E-state index in [4.69, 9.17) is 28.9 Å². The van der Waals surface area contributed by atoms with Crippen LogP contribution in [0.5, 0.6) is 17.2 Å². The van der Waals surface area contributed by atoms with Crippen LogP contribution in [0.3, 0.4) is 0 Å². The summed E-state index contributed by atoms with van der Waals surface area (Å²) >= 11 is 0. The number of allylic oxidation sites excluding steroid dienone is 2. The van der Waals surface area contributed by atoms with Gasteiger partial charge in [-0.1, -0.05) is 59.8 Å². The van der Waals surface area contributed by atoms with Crippen molar-refractivity contribution in [2.75, 3.05) is 45.2 Å². The van der Waals surface area contributed by atoms with Crippen LogP contribution in [0.1, 0.15) is 96.6 Å². The van der Waals surface area contributed by atoms with Crippen molar-refractivity contribution in [1.82, 2.24) is 14.4 Å². The first-order valence-corrected chi connectivity index (χ1v) is 25.1. The summed E-state index contributed by atoms with van der Waals surface area (Å²) in [5, 5.41) is 50.9. The van der Waals surface area contributed by atoms with Gasteiger partial charge in [0.25, 0.3) is 11.7 Å². The monoisotopic (exact) mass is 995 g/mol. The van der Waals surface area contributed by atoms with Crippen molar-refractivity contribution in [2.45, 2.75) is 123 Å². The fourth-order valence-corrected chi connectivity index (χ4v) is 10.9. The molecule has 2 saturated heterocycles. The molecule has 0 aliphatic carbocycles. The van der Waals surface area contributed by atoms with E-state index in [0.717, 1.165) is 6.54 Å². The van der Waals surface area contributed by atoms with E-state index in [-0.39, 0.29) is 55.7 Å². The van der Waals surface area contributed by atoms with Gasteiger partial charge >= 0.3 is 11.8 Å². The molecule has 9 atom stereocenters. The van der Waals surface area contributed by atoms with E-state index in [2.05, 4.69) is 24.1 Å². The molecule has 7 heterocycles. The van der Waals surface area contributed by atoms with Crippen LogP contribution < -0.4 is 20.8 Å². The second-order valence-electron chi connectivity index (χ2n) is 21.1. The molecule has 9 rings (SSSR count). The number of Topliss-reactive ketones (excluding diaryl/α,β-unsaturated/α-hetero) is 1. The van der Waals surface area contributed by atoms with Crippen LogP contribution in [0.2, 0.25) is 0 Å². The number of hydrogen-bond acceptors (Lipinski definition) is 15. The molecule has 5 N–H and O–H groups in total. The number of aliphatic hydroxyl groups is 2. The molecule has 2 amide bonds. The zero-order chi connectivity index (χ0) is 52.1. The van der Waals surface area contributed by atoms with Crippen LogP contribution in [-0.4, -0.2) is 134 Å². The van der Waals surface area contributed by atoms with E-state index >= 15 is 0 Å². The number of rotatable bonds is 7. The standard InChI is InChI=1S/C54H70N6O12/c1-28(2)25-58-21-17-54(18-22-58)56-42-39-40-47(65)34(8)50-41(39)51(67)53(9,72-50)70-23-16-36(69-10)31(5)49(71-38(62)24-37(61)60-26-35(27-60)59-19-11-12-20-59)33(7)46(64)32(6)45(63)29(3)14-13-15-30(4)52(68)55-44(48(40)66)43(42)57-54/h11-16,19-20,23,28-29,31-33,35-36,45-46,49,63-66H,17-18,21-22,24-27H2,1-10H3,(H,55,68)/b14-13+,23-16+,30-15-/t29-,31+,32+,33+,36-,45-,46+,49+,53-/m0/s1. The number of aromatic hydroxyl groups is 2. The number of carbonyl (C=O) groups excluding carboxylic acids is 4. The second kappa shape index (κ2) is 20.4. The molecule has 72 heavy (non-hydrogen) atoms. The average Bonchev–Trinajstić information content (AvgIpc) is 4.05. The van der Waals surface area contributed by atoms with Gasteiger partial charge in [0.05, 0.1) is 46.9 Å². The number of amides is 2. The highest BCUT2D eigenvalue weighted by Gasteiger charge is 2.50. The minimum atomic E-state index is -2.02. The van der Waals surface area contributed by atoms with E-state index in [1.165, 1.54) is 26.4 Å². The highest BCUT2D eigenvalue weighted by atomic mass is 16.7. The van der Waals surface area contributed by atoms with Crippen molar-refractivity contribution >= 4 is 40.0 Å². The lowest BCUT2D eigenvalue weighted by Crippen LogP contribution is -2.51. The van der Waals surface area contributed by atoms with Crippen LogP contribution in [0.25, 0.3) is 10.8 Å². The Balaban J connectivity index is 1.17. The van der Waals surface area contributed by atoms with E-state index in [1.807, 2.05) is 29.1 Å². The van der Waals surface area contributed by atoms with Gasteiger partial charge in [0.15, 0.2) is 11.4 Å². The quantitative estimate of drug-likeness (QED) is 0.119. The molecular weight excluding hydrogens is 925 g/mol. The number of ether oxygens (including phenoxy) is 4. The summed E-state index contributed by atoms with van der Waals surface area (Å²) in [4.78, 5) is 70.3. The zero-order valence-electron chi connectivity index (χ0n) is 42.9. The molecule has 2 aromatic carbocycles. The van der Waals surface area contributed by atoms with Gasteiger partial charge in [-0.15, -0.1) is 0 Å². The molecule has 0 radical (unpaired) electrons. The fourth-order valence-electron chi connectivity index (χ4n) is 10.9. The van der Waals surface area contributed by atoms with Gasteiger partial charge in [0.1, 0.15) is 35.1 Å². The predicted octanol–water partition coefficient (Wildman–Crippen LogP) is 5.00. The van der Waals surface area contributed by atoms with Gasteiger partial charge < -0.3 is 59.1 Å². The Morgan fingerprint density at radius 1 is 0.917 bits per heavy atom. The molecule has 3 aromatic rings. The van der Waals surface area contributed by atoms with Crippen molar-refractivity contribution in [2.24, 2.45) is 39.6 Å². The number of esters is 1. The normalized spacial score (nSPS) is 30.7. The summed E-state index contributed by atoms with van der Waals surface area (Å²) in [6, 6.07) is 3.92. The Morgan fingerprint density at radius 3 is 2.24 bits per heavy atom. The number of likely N-dealkylation sites (tertiary alicyclic amines) is 2. The molecule has 2 fully saturated rings. The number of aromatic nitrogens is 1. The molecule has 6 aliphatic rings. The number of anilines is 1. The second-order valence-corrected chi connectivity index (χ2v) is 21.1. The molecule has 1 aromatic heterocycles. The summed E-state index contributed by atoms with van der Waals surface area (Å²) in [6.45, 7) is 18.9. The molecule has 0 unspecified atom stereocenters. The molecule has 1 spiro atoms. The van der Waals surface area contributed by atoms with Crippen LogP contribution in [0, 0.1) is 36.5 Å². The number of phenols is 2. The maximum atomic E-state index is 14.9. The van der Waals surface area contributed by atoms with E-state index in [0.29, 0.717) is 44.9 Å².